The van der Waals surface area contributed by atoms with Gasteiger partial charge in [0, 0.05) is 33.9 Å². The minimum Gasteiger partial charge on any atom is -0.440 e. The molecule has 1 amide bonds. The standard InChI is InChI=1S/C41H43NO4/c1-37-18-15-30(43)23-39(37)21-22-41(32(24-39)35(44)28-10-4-3-5-11-28)33(37)16-19-38(2)34(41)17-20-40(38)26-42(36(45)46-40)25-29-13-8-12-27-9-6-7-14-31(27)29/h3-14,21-22,24,30,33-34,43H,15-20,23,25-26H2,1-2H3. The van der Waals surface area contributed by atoms with Crippen LogP contribution in [0.1, 0.15) is 74.7 Å². The number of aliphatic hydroxyl groups is 1. The molecule has 5 nitrogen and oxygen atoms in total. The van der Waals surface area contributed by atoms with Gasteiger partial charge in [-0.05, 0) is 78.5 Å². The summed E-state index contributed by atoms with van der Waals surface area (Å²) in [7, 11) is 0. The van der Waals surface area contributed by atoms with Gasteiger partial charge in [-0.25, -0.2) is 4.79 Å². The Morgan fingerprint density at radius 3 is 2.43 bits per heavy atom. The van der Waals surface area contributed by atoms with Gasteiger partial charge in [-0.3, -0.25) is 9.69 Å². The monoisotopic (exact) mass is 613 g/mol. The summed E-state index contributed by atoms with van der Waals surface area (Å²) in [5.41, 5.74) is 1.12. The second-order valence-corrected chi connectivity index (χ2v) is 15.8. The number of hydrogen-bond acceptors (Lipinski definition) is 4. The number of fused-ring (bicyclic) bond motifs is 3. The molecule has 3 saturated carbocycles. The fourth-order valence-corrected chi connectivity index (χ4v) is 11.9. The summed E-state index contributed by atoms with van der Waals surface area (Å²) in [5.74, 6) is 0.575. The maximum absolute atomic E-state index is 14.7. The summed E-state index contributed by atoms with van der Waals surface area (Å²) >= 11 is 0. The van der Waals surface area contributed by atoms with E-state index < -0.39 is 11.0 Å². The lowest BCUT2D eigenvalue weighted by Crippen LogP contribution is -2.67. The van der Waals surface area contributed by atoms with E-state index in [0.29, 0.717) is 25.4 Å². The predicted octanol–water partition coefficient (Wildman–Crippen LogP) is 8.27. The zero-order chi connectivity index (χ0) is 31.5. The first-order chi connectivity index (χ1) is 22.1. The smallest absolute Gasteiger partial charge is 0.410 e. The molecule has 8 atom stereocenters. The Morgan fingerprint density at radius 1 is 0.870 bits per heavy atom. The number of hydrogen-bond donors (Lipinski definition) is 1. The molecule has 3 aromatic rings. The molecule has 3 aromatic carbocycles. The molecule has 2 bridgehead atoms. The van der Waals surface area contributed by atoms with Crippen molar-refractivity contribution in [3.05, 3.63) is 108 Å². The second kappa shape index (κ2) is 9.44. The van der Waals surface area contributed by atoms with Gasteiger partial charge in [-0.1, -0.05) is 105 Å². The van der Waals surface area contributed by atoms with Gasteiger partial charge in [0.1, 0.15) is 5.60 Å². The van der Waals surface area contributed by atoms with E-state index in [1.54, 1.807) is 0 Å². The van der Waals surface area contributed by atoms with Crippen LogP contribution < -0.4 is 0 Å². The van der Waals surface area contributed by atoms with Gasteiger partial charge in [0.05, 0.1) is 12.6 Å². The quantitative estimate of drug-likeness (QED) is 0.238. The van der Waals surface area contributed by atoms with Crippen LogP contribution in [0.3, 0.4) is 0 Å². The van der Waals surface area contributed by atoms with E-state index in [0.717, 1.165) is 55.2 Å². The third-order valence-electron chi connectivity index (χ3n) is 14.2. The third kappa shape index (κ3) is 3.45. The Hall–Kier alpha value is -3.70. The van der Waals surface area contributed by atoms with Crippen molar-refractivity contribution < 1.29 is 19.4 Å². The van der Waals surface area contributed by atoms with Gasteiger partial charge in [0.2, 0.25) is 0 Å². The topological polar surface area (TPSA) is 66.8 Å². The number of carbonyl (C=O) groups excluding carboxylic acids is 2. The third-order valence-corrected chi connectivity index (χ3v) is 14.2. The highest BCUT2D eigenvalue weighted by molar-refractivity contribution is 6.10. The van der Waals surface area contributed by atoms with Gasteiger partial charge in [-0.2, -0.15) is 0 Å². The molecular formula is C41H43NO4. The molecule has 4 fully saturated rings. The molecule has 3 spiro atoms. The zero-order valence-electron chi connectivity index (χ0n) is 26.9. The number of aliphatic hydroxyl groups excluding tert-OH is 1. The highest BCUT2D eigenvalue weighted by Crippen LogP contribution is 2.79. The summed E-state index contributed by atoms with van der Waals surface area (Å²) in [6, 6.07) is 24.4. The highest BCUT2D eigenvalue weighted by atomic mass is 16.6. The van der Waals surface area contributed by atoms with E-state index >= 15 is 0 Å². The Labute approximate surface area is 271 Å². The van der Waals surface area contributed by atoms with Crippen LogP contribution >= 0.6 is 0 Å². The first-order valence-electron chi connectivity index (χ1n) is 17.3. The molecule has 1 N–H and O–H groups in total. The number of nitrogens with zero attached hydrogens (tertiary/aromatic N) is 1. The van der Waals surface area contributed by atoms with Gasteiger partial charge < -0.3 is 9.84 Å². The lowest BCUT2D eigenvalue weighted by Gasteiger charge is -2.71. The normalized spacial score (nSPS) is 40.4. The number of carbonyl (C=O) groups is 2. The van der Waals surface area contributed by atoms with E-state index in [1.807, 2.05) is 35.2 Å². The summed E-state index contributed by atoms with van der Waals surface area (Å²) in [6.07, 6.45) is 12.6. The van der Waals surface area contributed by atoms with Crippen LogP contribution in [0.25, 0.3) is 10.8 Å². The number of amides is 1. The van der Waals surface area contributed by atoms with Crippen LogP contribution in [0.15, 0.2) is 96.6 Å². The minimum absolute atomic E-state index is 0.0364. The molecule has 46 heavy (non-hydrogen) atoms. The van der Waals surface area contributed by atoms with Crippen LogP contribution in [0.5, 0.6) is 0 Å². The maximum atomic E-state index is 14.7. The SMILES string of the molecule is CC12CCC(O)CC13C=CC1(C(C(=O)c4ccccc4)=C3)C2CCC2(C)C1CCC21CN(Cc2cccc3ccccc23)C(=O)O1. The number of rotatable bonds is 4. The molecular weight excluding hydrogens is 570 g/mol. The second-order valence-electron chi connectivity index (χ2n) is 15.8. The van der Waals surface area contributed by atoms with Crippen LogP contribution in [0.4, 0.5) is 4.79 Å². The summed E-state index contributed by atoms with van der Waals surface area (Å²) < 4.78 is 6.61. The van der Waals surface area contributed by atoms with Crippen LogP contribution in [0.2, 0.25) is 0 Å². The largest absolute Gasteiger partial charge is 0.440 e. The molecule has 1 aliphatic heterocycles. The maximum Gasteiger partial charge on any atom is 0.410 e. The van der Waals surface area contributed by atoms with Crippen molar-refractivity contribution in [3.63, 3.8) is 0 Å². The van der Waals surface area contributed by atoms with Gasteiger partial charge in [-0.15, -0.1) is 0 Å². The zero-order valence-corrected chi connectivity index (χ0v) is 26.9. The molecule has 8 unspecified atom stereocenters. The average molecular weight is 614 g/mol. The van der Waals surface area contributed by atoms with Crippen molar-refractivity contribution in [2.45, 2.75) is 77.0 Å². The van der Waals surface area contributed by atoms with Crippen LogP contribution in [-0.2, 0) is 11.3 Å². The lowest BCUT2D eigenvalue weighted by atomic mass is 9.32. The van der Waals surface area contributed by atoms with Crippen molar-refractivity contribution in [1.82, 2.24) is 4.90 Å². The van der Waals surface area contributed by atoms with Gasteiger partial charge in [0.15, 0.2) is 5.78 Å². The number of ketones is 1. The van der Waals surface area contributed by atoms with Gasteiger partial charge in [0.25, 0.3) is 0 Å². The molecule has 6 aliphatic carbocycles. The van der Waals surface area contributed by atoms with Crippen LogP contribution in [0, 0.1) is 33.5 Å². The Bertz CT molecular complexity index is 1840. The van der Waals surface area contributed by atoms with Crippen molar-refractivity contribution in [1.29, 1.82) is 0 Å². The Kier molecular flexibility index (Phi) is 5.85. The van der Waals surface area contributed by atoms with E-state index in [1.165, 1.54) is 10.8 Å². The fraction of sp³-hybridized carbons (Fsp3) is 0.463. The molecule has 1 saturated heterocycles. The van der Waals surface area contributed by atoms with E-state index in [9.17, 15) is 14.7 Å². The van der Waals surface area contributed by atoms with Gasteiger partial charge >= 0.3 is 6.09 Å². The fourth-order valence-electron chi connectivity index (χ4n) is 11.9. The summed E-state index contributed by atoms with van der Waals surface area (Å²) in [6.45, 7) is 5.91. The molecule has 7 aliphatic rings. The molecule has 0 radical (unpaired) electrons. The van der Waals surface area contributed by atoms with E-state index in [4.69, 9.17) is 4.74 Å². The lowest BCUT2D eigenvalue weighted by molar-refractivity contribution is -0.164. The molecule has 0 aromatic heterocycles. The minimum atomic E-state index is -0.594. The van der Waals surface area contributed by atoms with Crippen molar-refractivity contribution in [3.8, 4) is 0 Å². The van der Waals surface area contributed by atoms with Crippen molar-refractivity contribution in [2.75, 3.05) is 6.54 Å². The molecule has 1 heterocycles. The first-order valence-corrected chi connectivity index (χ1v) is 17.3. The number of Topliss-reactive ketones (excluding diaryl/α,β-unsaturated/α-hetero) is 1. The molecule has 236 valence electrons. The number of allylic oxidation sites excluding steroid dienone is 4. The summed E-state index contributed by atoms with van der Waals surface area (Å²) in [4.78, 5) is 30.3. The van der Waals surface area contributed by atoms with Crippen molar-refractivity contribution >= 4 is 22.6 Å². The van der Waals surface area contributed by atoms with Crippen molar-refractivity contribution in [2.24, 2.45) is 33.5 Å². The van der Waals surface area contributed by atoms with E-state index in [2.05, 4.69) is 74.5 Å². The highest BCUT2D eigenvalue weighted by Gasteiger charge is 2.76. The number of ether oxygens (including phenoxy) is 1. The summed E-state index contributed by atoms with van der Waals surface area (Å²) in [5, 5.41) is 13.3. The predicted molar refractivity (Wildman–Crippen MR) is 178 cm³/mol. The Morgan fingerprint density at radius 2 is 1.59 bits per heavy atom. The van der Waals surface area contributed by atoms with E-state index in [-0.39, 0.29) is 40.1 Å². The number of benzene rings is 3. The molecule has 10 rings (SSSR count). The molecule has 5 heteroatoms. The Balaban J connectivity index is 1.13. The average Bonchev–Trinajstić information content (AvgIpc) is 3.55. The first kappa shape index (κ1) is 28.5. The van der Waals surface area contributed by atoms with Crippen LogP contribution in [-0.4, -0.2) is 40.1 Å².